The molecule has 0 spiro atoms. The van der Waals surface area contributed by atoms with E-state index >= 15 is 0 Å². The van der Waals surface area contributed by atoms with Gasteiger partial charge in [-0.3, -0.25) is 4.79 Å². The van der Waals surface area contributed by atoms with Crippen LogP contribution in [0.4, 0.5) is 0 Å². The van der Waals surface area contributed by atoms with Crippen LogP contribution in [-0.4, -0.2) is 43.2 Å². The molecule has 104 valence electrons. The summed E-state index contributed by atoms with van der Waals surface area (Å²) in [5.41, 5.74) is 0.588. The minimum Gasteiger partial charge on any atom is -0.480 e. The van der Waals surface area contributed by atoms with Gasteiger partial charge in [0.2, 0.25) is 0 Å². The zero-order valence-electron chi connectivity index (χ0n) is 10.1. The monoisotopic (exact) mass is 295 g/mol. The van der Waals surface area contributed by atoms with Crippen LogP contribution >= 0.6 is 11.6 Å². The number of aromatic amines is 1. The van der Waals surface area contributed by atoms with Crippen molar-refractivity contribution in [2.24, 2.45) is 0 Å². The van der Waals surface area contributed by atoms with Gasteiger partial charge in [-0.15, -0.1) is 10.2 Å². The summed E-state index contributed by atoms with van der Waals surface area (Å²) in [6.07, 6.45) is 3.01. The molecule has 20 heavy (non-hydrogen) atoms. The van der Waals surface area contributed by atoms with Gasteiger partial charge in [-0.25, -0.2) is 9.78 Å². The van der Waals surface area contributed by atoms with E-state index in [4.69, 9.17) is 16.7 Å². The van der Waals surface area contributed by atoms with Crippen LogP contribution in [0.3, 0.4) is 0 Å². The molecule has 0 aromatic carbocycles. The number of aliphatic carboxylic acids is 1. The molecule has 2 heterocycles. The largest absolute Gasteiger partial charge is 0.480 e. The Morgan fingerprint density at radius 1 is 1.40 bits per heavy atom. The molecule has 3 N–H and O–H groups in total. The van der Waals surface area contributed by atoms with E-state index in [1.807, 2.05) is 0 Å². The fourth-order valence-electron chi connectivity index (χ4n) is 1.49. The molecular weight excluding hydrogens is 286 g/mol. The van der Waals surface area contributed by atoms with Crippen LogP contribution in [-0.2, 0) is 11.2 Å². The smallest absolute Gasteiger partial charge is 0.326 e. The highest BCUT2D eigenvalue weighted by Gasteiger charge is 2.22. The zero-order chi connectivity index (χ0) is 14.5. The first-order chi connectivity index (χ1) is 9.56. The summed E-state index contributed by atoms with van der Waals surface area (Å²) in [6, 6.07) is 1.66. The number of carboxylic acid groups (broad SMARTS) is 1. The maximum Gasteiger partial charge on any atom is 0.326 e. The summed E-state index contributed by atoms with van der Waals surface area (Å²) in [4.78, 5) is 29.5. The van der Waals surface area contributed by atoms with Crippen molar-refractivity contribution in [3.63, 3.8) is 0 Å². The number of halogens is 1. The van der Waals surface area contributed by atoms with E-state index in [-0.39, 0.29) is 17.3 Å². The molecule has 9 heteroatoms. The second-order valence-corrected chi connectivity index (χ2v) is 4.27. The highest BCUT2D eigenvalue weighted by atomic mass is 35.5. The number of aromatic nitrogens is 4. The highest BCUT2D eigenvalue weighted by molar-refractivity contribution is 6.29. The number of rotatable bonds is 5. The third-order valence-electron chi connectivity index (χ3n) is 2.45. The molecule has 0 aliphatic rings. The number of nitrogens with zero attached hydrogens (tertiary/aromatic N) is 3. The molecule has 0 bridgehead atoms. The summed E-state index contributed by atoms with van der Waals surface area (Å²) in [7, 11) is 0. The Kier molecular flexibility index (Phi) is 4.26. The Morgan fingerprint density at radius 2 is 2.20 bits per heavy atom. The fourth-order valence-corrected chi connectivity index (χ4v) is 1.59. The molecule has 0 aliphatic heterocycles. The lowest BCUT2D eigenvalue weighted by atomic mass is 10.1. The van der Waals surface area contributed by atoms with E-state index < -0.39 is 17.9 Å². The van der Waals surface area contributed by atoms with E-state index in [1.165, 1.54) is 24.7 Å². The first-order valence-electron chi connectivity index (χ1n) is 5.56. The number of nitrogens with one attached hydrogen (secondary N) is 2. The van der Waals surface area contributed by atoms with Crippen molar-refractivity contribution in [3.05, 3.63) is 41.2 Å². The summed E-state index contributed by atoms with van der Waals surface area (Å²) in [5, 5.41) is 18.7. The van der Waals surface area contributed by atoms with E-state index in [2.05, 4.69) is 25.5 Å². The lowest BCUT2D eigenvalue weighted by molar-refractivity contribution is -0.139. The van der Waals surface area contributed by atoms with Crippen LogP contribution in [0.15, 0.2) is 24.7 Å². The topological polar surface area (TPSA) is 121 Å². The average Bonchev–Trinajstić information content (AvgIpc) is 2.91. The third kappa shape index (κ3) is 3.51. The minimum absolute atomic E-state index is 0.00902. The molecular formula is C11H10ClN5O3. The van der Waals surface area contributed by atoms with E-state index in [0.29, 0.717) is 5.69 Å². The van der Waals surface area contributed by atoms with Crippen LogP contribution < -0.4 is 5.32 Å². The number of amides is 1. The second kappa shape index (κ2) is 6.11. The van der Waals surface area contributed by atoms with Gasteiger partial charge < -0.3 is 15.4 Å². The number of carbonyl (C=O) groups is 2. The molecule has 0 saturated carbocycles. The maximum atomic E-state index is 11.9. The van der Waals surface area contributed by atoms with Crippen LogP contribution in [0.25, 0.3) is 0 Å². The average molecular weight is 296 g/mol. The Bertz CT molecular complexity index is 599. The van der Waals surface area contributed by atoms with Gasteiger partial charge >= 0.3 is 5.97 Å². The predicted octanol–water partition coefficient (Wildman–Crippen LogP) is 0.279. The van der Waals surface area contributed by atoms with Crippen molar-refractivity contribution < 1.29 is 14.7 Å². The van der Waals surface area contributed by atoms with Gasteiger partial charge in [0.25, 0.3) is 5.91 Å². The van der Waals surface area contributed by atoms with Crippen LogP contribution in [0.2, 0.25) is 5.15 Å². The van der Waals surface area contributed by atoms with Gasteiger partial charge in [-0.1, -0.05) is 11.6 Å². The molecule has 2 aromatic heterocycles. The lowest BCUT2D eigenvalue weighted by Crippen LogP contribution is -2.42. The summed E-state index contributed by atoms with van der Waals surface area (Å²) < 4.78 is 0. The number of hydrogen-bond acceptors (Lipinski definition) is 5. The Hall–Kier alpha value is -2.48. The number of imidazole rings is 1. The van der Waals surface area contributed by atoms with Gasteiger partial charge in [-0.05, 0) is 12.1 Å². The maximum absolute atomic E-state index is 11.9. The number of hydrogen-bond donors (Lipinski definition) is 3. The van der Waals surface area contributed by atoms with Gasteiger partial charge in [0.05, 0.1) is 6.33 Å². The van der Waals surface area contributed by atoms with Crippen molar-refractivity contribution in [3.8, 4) is 0 Å². The number of carboxylic acids is 1. The molecule has 0 fully saturated rings. The third-order valence-corrected chi connectivity index (χ3v) is 2.65. The van der Waals surface area contributed by atoms with E-state index in [0.717, 1.165) is 0 Å². The zero-order valence-corrected chi connectivity index (χ0v) is 10.8. The molecule has 2 aromatic rings. The van der Waals surface area contributed by atoms with Crippen molar-refractivity contribution in [1.29, 1.82) is 0 Å². The quantitative estimate of drug-likeness (QED) is 0.728. The van der Waals surface area contributed by atoms with Gasteiger partial charge in [0, 0.05) is 18.3 Å². The first kappa shape index (κ1) is 13.9. The normalized spacial score (nSPS) is 11.8. The molecule has 0 radical (unpaired) electrons. The standard InChI is InChI=1S/C11H10ClN5O3/c12-9-2-1-7(16-17-9)10(18)15-8(11(19)20)3-6-4-13-5-14-6/h1-2,4-5,8H,3H2,(H,13,14)(H,15,18)(H,19,20)/t8-/m0/s1. The number of carbonyl (C=O) groups excluding carboxylic acids is 1. The highest BCUT2D eigenvalue weighted by Crippen LogP contribution is 2.04. The van der Waals surface area contributed by atoms with Crippen molar-refractivity contribution in [1.82, 2.24) is 25.5 Å². The van der Waals surface area contributed by atoms with Gasteiger partial charge in [-0.2, -0.15) is 0 Å². The summed E-state index contributed by atoms with van der Waals surface area (Å²) in [5.74, 6) is -1.80. The van der Waals surface area contributed by atoms with Crippen LogP contribution in [0.1, 0.15) is 16.2 Å². The molecule has 0 aliphatic carbocycles. The molecule has 8 nitrogen and oxygen atoms in total. The van der Waals surface area contributed by atoms with Crippen LogP contribution in [0.5, 0.6) is 0 Å². The van der Waals surface area contributed by atoms with Gasteiger partial charge in [0.15, 0.2) is 10.8 Å². The van der Waals surface area contributed by atoms with E-state index in [1.54, 1.807) is 0 Å². The summed E-state index contributed by atoms with van der Waals surface area (Å²) >= 11 is 5.56. The van der Waals surface area contributed by atoms with Crippen molar-refractivity contribution in [2.45, 2.75) is 12.5 Å². The minimum atomic E-state index is -1.16. The second-order valence-electron chi connectivity index (χ2n) is 3.89. The first-order valence-corrected chi connectivity index (χ1v) is 5.94. The van der Waals surface area contributed by atoms with Gasteiger partial charge in [0.1, 0.15) is 6.04 Å². The molecule has 0 unspecified atom stereocenters. The SMILES string of the molecule is O=C(N[C@@H](Cc1cnc[nH]1)C(=O)O)c1ccc(Cl)nn1. The van der Waals surface area contributed by atoms with Crippen LogP contribution in [0, 0.1) is 0 Å². The van der Waals surface area contributed by atoms with Crippen molar-refractivity contribution >= 4 is 23.5 Å². The molecule has 1 atom stereocenters. The Morgan fingerprint density at radius 3 is 2.75 bits per heavy atom. The summed E-state index contributed by atoms with van der Waals surface area (Å²) in [6.45, 7) is 0. The Labute approximate surface area is 118 Å². The lowest BCUT2D eigenvalue weighted by Gasteiger charge is -2.12. The molecule has 2 rings (SSSR count). The predicted molar refractivity (Wildman–Crippen MR) is 68.2 cm³/mol. The molecule has 0 saturated heterocycles. The number of H-pyrrole nitrogens is 1. The van der Waals surface area contributed by atoms with Crippen molar-refractivity contribution in [2.75, 3.05) is 0 Å². The fraction of sp³-hybridized carbons (Fsp3) is 0.182. The Balaban J connectivity index is 2.06. The molecule has 1 amide bonds. The van der Waals surface area contributed by atoms with E-state index in [9.17, 15) is 9.59 Å².